The molecule has 1 aliphatic carbocycles. The largest absolute Gasteiger partial charge is 0.491 e. The summed E-state index contributed by atoms with van der Waals surface area (Å²) in [5, 5.41) is 17.2. The van der Waals surface area contributed by atoms with Crippen molar-refractivity contribution in [3.8, 4) is 5.75 Å². The van der Waals surface area contributed by atoms with E-state index < -0.39 is 0 Å². The zero-order valence-corrected chi connectivity index (χ0v) is 17.9. The van der Waals surface area contributed by atoms with Gasteiger partial charge in [0.15, 0.2) is 5.96 Å². The summed E-state index contributed by atoms with van der Waals surface area (Å²) in [7, 11) is 1.67. The molecule has 1 aromatic rings. The van der Waals surface area contributed by atoms with Crippen LogP contribution in [0.3, 0.4) is 0 Å². The zero-order chi connectivity index (χ0) is 20.4. The molecule has 158 valence electrons. The second kappa shape index (κ2) is 11.3. The molecule has 0 spiro atoms. The average Bonchev–Trinajstić information content (AvgIpc) is 2.68. The third-order valence-electron chi connectivity index (χ3n) is 5.46. The number of hydrogen-bond donors (Lipinski definition) is 3. The first-order chi connectivity index (χ1) is 13.5. The lowest BCUT2D eigenvalue weighted by molar-refractivity contribution is 0.00397. The summed E-state index contributed by atoms with van der Waals surface area (Å²) in [5.41, 5.74) is 2.10. The van der Waals surface area contributed by atoms with Crippen molar-refractivity contribution in [2.45, 2.75) is 59.1 Å². The SMILES string of the molecule is CCNC(=NCc1ccc(C)cc1OCCOC)NCC1(C)CCCCC1O. The molecule has 28 heavy (non-hydrogen) atoms. The number of rotatable bonds is 9. The van der Waals surface area contributed by atoms with Crippen molar-refractivity contribution in [3.63, 3.8) is 0 Å². The molecule has 0 aliphatic heterocycles. The maximum Gasteiger partial charge on any atom is 0.191 e. The predicted octanol–water partition coefficient (Wildman–Crippen LogP) is 3.02. The van der Waals surface area contributed by atoms with Crippen LogP contribution in [0.2, 0.25) is 0 Å². The van der Waals surface area contributed by atoms with Crippen LogP contribution in [0.5, 0.6) is 5.75 Å². The van der Waals surface area contributed by atoms with E-state index in [9.17, 15) is 5.11 Å². The van der Waals surface area contributed by atoms with Gasteiger partial charge in [-0.15, -0.1) is 0 Å². The van der Waals surface area contributed by atoms with Crippen LogP contribution < -0.4 is 15.4 Å². The minimum Gasteiger partial charge on any atom is -0.491 e. The van der Waals surface area contributed by atoms with Crippen molar-refractivity contribution in [1.82, 2.24) is 10.6 Å². The third-order valence-corrected chi connectivity index (χ3v) is 5.46. The average molecular weight is 392 g/mol. The number of aliphatic imine (C=N–C) groups is 1. The summed E-state index contributed by atoms with van der Waals surface area (Å²) >= 11 is 0. The Hall–Kier alpha value is -1.79. The predicted molar refractivity (Wildman–Crippen MR) is 114 cm³/mol. The van der Waals surface area contributed by atoms with Gasteiger partial charge in [0, 0.05) is 31.2 Å². The van der Waals surface area contributed by atoms with Crippen LogP contribution in [0, 0.1) is 12.3 Å². The van der Waals surface area contributed by atoms with Crippen LogP contribution in [0.25, 0.3) is 0 Å². The Morgan fingerprint density at radius 1 is 1.29 bits per heavy atom. The van der Waals surface area contributed by atoms with Crippen LogP contribution in [-0.2, 0) is 11.3 Å². The van der Waals surface area contributed by atoms with E-state index in [4.69, 9.17) is 14.5 Å². The Bertz CT molecular complexity index is 635. The molecular weight excluding hydrogens is 354 g/mol. The first-order valence-electron chi connectivity index (χ1n) is 10.4. The number of hydrogen-bond acceptors (Lipinski definition) is 4. The van der Waals surface area contributed by atoms with Gasteiger partial charge in [0.2, 0.25) is 0 Å². The number of nitrogens with zero attached hydrogens (tertiary/aromatic N) is 1. The topological polar surface area (TPSA) is 75.1 Å². The second-order valence-electron chi connectivity index (χ2n) is 7.92. The molecule has 2 rings (SSSR count). The highest BCUT2D eigenvalue weighted by Crippen LogP contribution is 2.35. The maximum atomic E-state index is 10.4. The molecule has 0 amide bonds. The van der Waals surface area contributed by atoms with Crippen LogP contribution in [0.15, 0.2) is 23.2 Å². The first kappa shape index (κ1) is 22.5. The highest BCUT2D eigenvalue weighted by atomic mass is 16.5. The van der Waals surface area contributed by atoms with Gasteiger partial charge in [-0.25, -0.2) is 4.99 Å². The van der Waals surface area contributed by atoms with Crippen molar-refractivity contribution in [2.24, 2.45) is 10.4 Å². The monoisotopic (exact) mass is 391 g/mol. The molecule has 0 radical (unpaired) electrons. The molecular formula is C22H37N3O3. The van der Waals surface area contributed by atoms with Gasteiger partial charge in [0.1, 0.15) is 12.4 Å². The Kier molecular flexibility index (Phi) is 9.06. The number of ether oxygens (including phenoxy) is 2. The van der Waals surface area contributed by atoms with Crippen LogP contribution >= 0.6 is 0 Å². The number of aryl methyl sites for hydroxylation is 1. The Morgan fingerprint density at radius 3 is 2.82 bits per heavy atom. The van der Waals surface area contributed by atoms with Crippen LogP contribution in [0.4, 0.5) is 0 Å². The summed E-state index contributed by atoms with van der Waals surface area (Å²) in [5.74, 6) is 1.62. The molecule has 0 bridgehead atoms. The highest BCUT2D eigenvalue weighted by molar-refractivity contribution is 5.79. The van der Waals surface area contributed by atoms with Gasteiger partial charge in [0.25, 0.3) is 0 Å². The van der Waals surface area contributed by atoms with E-state index in [2.05, 4.69) is 43.5 Å². The lowest BCUT2D eigenvalue weighted by atomic mass is 9.73. The van der Waals surface area contributed by atoms with Gasteiger partial charge in [-0.05, 0) is 38.3 Å². The van der Waals surface area contributed by atoms with E-state index in [1.807, 2.05) is 6.07 Å². The van der Waals surface area contributed by atoms with E-state index in [1.165, 1.54) is 6.42 Å². The third kappa shape index (κ3) is 6.67. The fourth-order valence-corrected chi connectivity index (χ4v) is 3.54. The molecule has 0 aromatic heterocycles. The van der Waals surface area contributed by atoms with Gasteiger partial charge < -0.3 is 25.2 Å². The van der Waals surface area contributed by atoms with E-state index in [0.717, 1.165) is 48.6 Å². The molecule has 0 saturated heterocycles. The summed E-state index contributed by atoms with van der Waals surface area (Å²) in [6.45, 7) is 9.37. The minimum atomic E-state index is -0.255. The Morgan fingerprint density at radius 2 is 2.11 bits per heavy atom. The maximum absolute atomic E-state index is 10.4. The van der Waals surface area contributed by atoms with Crippen LogP contribution in [-0.4, -0.2) is 50.6 Å². The summed E-state index contributed by atoms with van der Waals surface area (Å²) < 4.78 is 10.9. The number of methoxy groups -OCH3 is 1. The fourth-order valence-electron chi connectivity index (χ4n) is 3.54. The molecule has 1 aliphatic rings. The molecule has 2 unspecified atom stereocenters. The standard InChI is InChI=1S/C22H37N3O3/c1-5-23-21(25-16-22(3)11-7-6-8-20(22)26)24-15-18-10-9-17(2)14-19(18)28-13-12-27-4/h9-10,14,20,26H,5-8,11-13,15-16H2,1-4H3,(H2,23,24,25). The van der Waals surface area contributed by atoms with Gasteiger partial charge >= 0.3 is 0 Å². The van der Waals surface area contributed by atoms with Gasteiger partial charge in [-0.3, -0.25) is 0 Å². The van der Waals surface area contributed by atoms with Crippen molar-refractivity contribution >= 4 is 5.96 Å². The van der Waals surface area contributed by atoms with Crippen molar-refractivity contribution in [2.75, 3.05) is 33.4 Å². The van der Waals surface area contributed by atoms with Crippen molar-refractivity contribution in [1.29, 1.82) is 0 Å². The minimum absolute atomic E-state index is 0.104. The van der Waals surface area contributed by atoms with E-state index in [1.54, 1.807) is 7.11 Å². The number of nitrogens with one attached hydrogen (secondary N) is 2. The molecule has 1 aromatic carbocycles. The quantitative estimate of drug-likeness (QED) is 0.343. The van der Waals surface area contributed by atoms with E-state index in [0.29, 0.717) is 26.3 Å². The summed E-state index contributed by atoms with van der Waals surface area (Å²) in [4.78, 5) is 4.74. The smallest absolute Gasteiger partial charge is 0.191 e. The van der Waals surface area contributed by atoms with E-state index >= 15 is 0 Å². The molecule has 6 nitrogen and oxygen atoms in total. The van der Waals surface area contributed by atoms with Gasteiger partial charge in [-0.1, -0.05) is 31.9 Å². The Labute approximate surface area is 169 Å². The fraction of sp³-hybridized carbons (Fsp3) is 0.682. The lowest BCUT2D eigenvalue weighted by Gasteiger charge is -2.38. The van der Waals surface area contributed by atoms with Gasteiger partial charge in [0.05, 0.1) is 19.3 Å². The molecule has 2 atom stereocenters. The molecule has 1 saturated carbocycles. The summed E-state index contributed by atoms with van der Waals surface area (Å²) in [6, 6.07) is 6.19. The number of aliphatic hydroxyl groups excluding tert-OH is 1. The number of benzene rings is 1. The van der Waals surface area contributed by atoms with Gasteiger partial charge in [-0.2, -0.15) is 0 Å². The molecule has 3 N–H and O–H groups in total. The Balaban J connectivity index is 2.03. The molecule has 0 heterocycles. The molecule has 1 fully saturated rings. The van der Waals surface area contributed by atoms with Crippen LogP contribution in [0.1, 0.15) is 50.7 Å². The number of guanidine groups is 1. The van der Waals surface area contributed by atoms with E-state index in [-0.39, 0.29) is 11.5 Å². The summed E-state index contributed by atoms with van der Waals surface area (Å²) in [6.07, 6.45) is 3.96. The normalized spacial score (nSPS) is 22.8. The molecule has 6 heteroatoms. The zero-order valence-electron chi connectivity index (χ0n) is 17.9. The number of aliphatic hydroxyl groups is 1. The lowest BCUT2D eigenvalue weighted by Crippen LogP contribution is -2.48. The first-order valence-corrected chi connectivity index (χ1v) is 10.4. The highest BCUT2D eigenvalue weighted by Gasteiger charge is 2.35. The van der Waals surface area contributed by atoms with Crippen molar-refractivity contribution in [3.05, 3.63) is 29.3 Å². The second-order valence-corrected chi connectivity index (χ2v) is 7.92. The van der Waals surface area contributed by atoms with Crippen molar-refractivity contribution < 1.29 is 14.6 Å².